The Balaban J connectivity index is 2.02. The van der Waals surface area contributed by atoms with E-state index in [-0.39, 0.29) is 0 Å². The summed E-state index contributed by atoms with van der Waals surface area (Å²) >= 11 is 8.70. The van der Waals surface area contributed by atoms with Gasteiger partial charge >= 0.3 is 0 Å². The summed E-state index contributed by atoms with van der Waals surface area (Å²) in [5.41, 5.74) is 1.23. The lowest BCUT2D eigenvalue weighted by Gasteiger charge is -1.97. The standard InChI is InChI=1S/C11H8ClNOS2/c12-10-9(6-14)16-11(13-10)15-7-8-4-2-1-3-5-8/h1-6H,7H2. The number of rotatable bonds is 4. The highest BCUT2D eigenvalue weighted by molar-refractivity contribution is 8.00. The Bertz CT molecular complexity index is 484. The number of thiazole rings is 1. The molecule has 2 rings (SSSR count). The highest BCUT2D eigenvalue weighted by Crippen LogP contribution is 2.30. The third-order valence-corrected chi connectivity index (χ3v) is 4.50. The number of halogens is 1. The molecule has 1 heterocycles. The van der Waals surface area contributed by atoms with Crippen LogP contribution in [0.3, 0.4) is 0 Å². The lowest BCUT2D eigenvalue weighted by Crippen LogP contribution is -1.78. The molecule has 0 N–H and O–H groups in total. The summed E-state index contributed by atoms with van der Waals surface area (Å²) < 4.78 is 0.830. The Kier molecular flexibility index (Phi) is 3.98. The average Bonchev–Trinajstić information content (AvgIpc) is 2.69. The van der Waals surface area contributed by atoms with Crippen LogP contribution in [0, 0.1) is 0 Å². The summed E-state index contributed by atoms with van der Waals surface area (Å²) in [6, 6.07) is 10.1. The average molecular weight is 270 g/mol. The van der Waals surface area contributed by atoms with Gasteiger partial charge in [-0.15, -0.1) is 11.3 Å². The molecule has 16 heavy (non-hydrogen) atoms. The first-order valence-corrected chi connectivity index (χ1v) is 6.76. The lowest BCUT2D eigenvalue weighted by molar-refractivity contribution is 0.112. The Morgan fingerprint density at radius 1 is 1.38 bits per heavy atom. The summed E-state index contributed by atoms with van der Waals surface area (Å²) in [5.74, 6) is 0.836. The number of nitrogens with zero attached hydrogens (tertiary/aromatic N) is 1. The monoisotopic (exact) mass is 269 g/mol. The molecular weight excluding hydrogens is 262 g/mol. The molecule has 0 atom stereocenters. The van der Waals surface area contributed by atoms with Gasteiger partial charge in [0, 0.05) is 5.75 Å². The van der Waals surface area contributed by atoms with Gasteiger partial charge in [0.25, 0.3) is 0 Å². The quantitative estimate of drug-likeness (QED) is 0.623. The van der Waals surface area contributed by atoms with Crippen molar-refractivity contribution in [1.82, 2.24) is 4.98 Å². The number of aldehydes is 1. The Morgan fingerprint density at radius 2 is 2.12 bits per heavy atom. The number of aromatic nitrogens is 1. The zero-order valence-corrected chi connectivity index (χ0v) is 10.6. The van der Waals surface area contributed by atoms with Crippen molar-refractivity contribution in [2.24, 2.45) is 0 Å². The smallest absolute Gasteiger partial charge is 0.163 e. The van der Waals surface area contributed by atoms with Crippen LogP contribution in [0.1, 0.15) is 15.2 Å². The number of carbonyl (C=O) groups excluding carboxylic acids is 1. The fraction of sp³-hybridized carbons (Fsp3) is 0.0909. The van der Waals surface area contributed by atoms with Crippen molar-refractivity contribution >= 4 is 41.0 Å². The Hall–Kier alpha value is -0.840. The first-order valence-electron chi connectivity index (χ1n) is 4.58. The highest BCUT2D eigenvalue weighted by Gasteiger charge is 2.08. The minimum absolute atomic E-state index is 0.301. The molecule has 0 saturated carbocycles. The first kappa shape index (κ1) is 11.6. The van der Waals surface area contributed by atoms with Crippen LogP contribution in [0.25, 0.3) is 0 Å². The Labute approximate surface area is 107 Å². The van der Waals surface area contributed by atoms with E-state index in [1.165, 1.54) is 16.9 Å². The van der Waals surface area contributed by atoms with Gasteiger partial charge in [-0.1, -0.05) is 53.7 Å². The topological polar surface area (TPSA) is 30.0 Å². The van der Waals surface area contributed by atoms with E-state index >= 15 is 0 Å². The van der Waals surface area contributed by atoms with E-state index in [2.05, 4.69) is 17.1 Å². The molecule has 0 radical (unpaired) electrons. The zero-order valence-electron chi connectivity index (χ0n) is 8.22. The van der Waals surface area contributed by atoms with Gasteiger partial charge in [-0.05, 0) is 5.56 Å². The van der Waals surface area contributed by atoms with E-state index < -0.39 is 0 Å². The van der Waals surface area contributed by atoms with Crippen molar-refractivity contribution in [3.05, 3.63) is 45.9 Å². The molecular formula is C11H8ClNOS2. The molecule has 2 aromatic rings. The van der Waals surface area contributed by atoms with Gasteiger partial charge in [0.1, 0.15) is 4.88 Å². The number of thioether (sulfide) groups is 1. The molecule has 0 saturated heterocycles. The van der Waals surface area contributed by atoms with Crippen molar-refractivity contribution in [1.29, 1.82) is 0 Å². The van der Waals surface area contributed by atoms with Crippen LogP contribution in [0.15, 0.2) is 34.7 Å². The SMILES string of the molecule is O=Cc1sc(SCc2ccccc2)nc1Cl. The molecule has 0 spiro atoms. The Morgan fingerprint density at radius 3 is 2.75 bits per heavy atom. The molecule has 0 bridgehead atoms. The van der Waals surface area contributed by atoms with Crippen LogP contribution in [0.4, 0.5) is 0 Å². The van der Waals surface area contributed by atoms with Crippen molar-refractivity contribution in [3.8, 4) is 0 Å². The minimum atomic E-state index is 0.301. The highest BCUT2D eigenvalue weighted by atomic mass is 35.5. The summed E-state index contributed by atoms with van der Waals surface area (Å²) in [5, 5.41) is 0.301. The van der Waals surface area contributed by atoms with Crippen molar-refractivity contribution in [2.75, 3.05) is 0 Å². The molecule has 0 aliphatic heterocycles. The van der Waals surface area contributed by atoms with Gasteiger partial charge in [0.2, 0.25) is 0 Å². The largest absolute Gasteiger partial charge is 0.297 e. The normalized spacial score (nSPS) is 10.3. The van der Waals surface area contributed by atoms with E-state index in [0.717, 1.165) is 16.4 Å². The number of benzene rings is 1. The second-order valence-electron chi connectivity index (χ2n) is 3.03. The number of hydrogen-bond donors (Lipinski definition) is 0. The molecule has 0 fully saturated rings. The first-order chi connectivity index (χ1) is 7.79. The molecule has 5 heteroatoms. The summed E-state index contributed by atoms with van der Waals surface area (Å²) in [4.78, 5) is 15.2. The summed E-state index contributed by atoms with van der Waals surface area (Å²) in [6.45, 7) is 0. The van der Waals surface area contributed by atoms with Crippen molar-refractivity contribution in [3.63, 3.8) is 0 Å². The molecule has 0 unspecified atom stereocenters. The van der Waals surface area contributed by atoms with Crippen molar-refractivity contribution < 1.29 is 4.79 Å². The van der Waals surface area contributed by atoms with Crippen molar-refractivity contribution in [2.45, 2.75) is 10.1 Å². The molecule has 0 aliphatic carbocycles. The van der Waals surface area contributed by atoms with Crippen LogP contribution in [0.2, 0.25) is 5.15 Å². The van der Waals surface area contributed by atoms with E-state index in [9.17, 15) is 4.79 Å². The second-order valence-corrected chi connectivity index (χ2v) is 5.64. The van der Waals surface area contributed by atoms with Gasteiger partial charge in [-0.25, -0.2) is 4.98 Å². The summed E-state index contributed by atoms with van der Waals surface area (Å²) in [7, 11) is 0. The third-order valence-electron chi connectivity index (χ3n) is 1.90. The number of carbonyl (C=O) groups is 1. The van der Waals surface area contributed by atoms with Crippen LogP contribution in [-0.4, -0.2) is 11.3 Å². The minimum Gasteiger partial charge on any atom is -0.297 e. The molecule has 82 valence electrons. The van der Waals surface area contributed by atoms with E-state index in [4.69, 9.17) is 11.6 Å². The van der Waals surface area contributed by atoms with E-state index in [1.807, 2.05) is 18.2 Å². The molecule has 0 amide bonds. The second kappa shape index (κ2) is 5.48. The van der Waals surface area contributed by atoms with Crippen LogP contribution in [0.5, 0.6) is 0 Å². The molecule has 1 aromatic heterocycles. The van der Waals surface area contributed by atoms with Crippen LogP contribution < -0.4 is 0 Å². The zero-order chi connectivity index (χ0) is 11.4. The third kappa shape index (κ3) is 2.84. The predicted molar refractivity (Wildman–Crippen MR) is 68.5 cm³/mol. The maximum Gasteiger partial charge on any atom is 0.163 e. The lowest BCUT2D eigenvalue weighted by atomic mass is 10.2. The fourth-order valence-corrected chi connectivity index (χ4v) is 3.32. The predicted octanol–water partition coefficient (Wildman–Crippen LogP) is 3.90. The van der Waals surface area contributed by atoms with Gasteiger partial charge in [-0.3, -0.25) is 4.79 Å². The number of hydrogen-bond acceptors (Lipinski definition) is 4. The van der Waals surface area contributed by atoms with Gasteiger partial charge in [-0.2, -0.15) is 0 Å². The van der Waals surface area contributed by atoms with Gasteiger partial charge in [0.15, 0.2) is 15.8 Å². The maximum atomic E-state index is 10.6. The summed E-state index contributed by atoms with van der Waals surface area (Å²) in [6.07, 6.45) is 0.743. The van der Waals surface area contributed by atoms with E-state index in [1.54, 1.807) is 11.8 Å². The molecule has 1 aromatic carbocycles. The van der Waals surface area contributed by atoms with Gasteiger partial charge in [0.05, 0.1) is 0 Å². The van der Waals surface area contributed by atoms with E-state index in [0.29, 0.717) is 10.0 Å². The maximum absolute atomic E-state index is 10.6. The fourth-order valence-electron chi connectivity index (χ4n) is 1.15. The van der Waals surface area contributed by atoms with Crippen LogP contribution in [-0.2, 0) is 5.75 Å². The van der Waals surface area contributed by atoms with Crippen LogP contribution >= 0.6 is 34.7 Å². The molecule has 0 aliphatic rings. The molecule has 2 nitrogen and oxygen atoms in total. The van der Waals surface area contributed by atoms with Gasteiger partial charge < -0.3 is 0 Å².